The van der Waals surface area contributed by atoms with Crippen molar-refractivity contribution in [3.05, 3.63) is 42.2 Å². The summed E-state index contributed by atoms with van der Waals surface area (Å²) in [4.78, 5) is 11.1. The maximum absolute atomic E-state index is 11.1. The van der Waals surface area contributed by atoms with Crippen LogP contribution < -0.4 is 4.74 Å². The number of carboxylic acid groups (broad SMARTS) is 1. The SMILES string of the molecule is O=C(O)c1nn(-c2ccccc2)cc1OCCCO. The predicted molar refractivity (Wildman–Crippen MR) is 67.7 cm³/mol. The molecule has 100 valence electrons. The van der Waals surface area contributed by atoms with E-state index in [2.05, 4.69) is 5.10 Å². The Kier molecular flexibility index (Phi) is 4.15. The van der Waals surface area contributed by atoms with Crippen molar-refractivity contribution >= 4 is 5.97 Å². The molecule has 0 aliphatic rings. The largest absolute Gasteiger partial charge is 0.489 e. The van der Waals surface area contributed by atoms with Crippen molar-refractivity contribution in [2.75, 3.05) is 13.2 Å². The number of nitrogens with zero attached hydrogens (tertiary/aromatic N) is 2. The number of aliphatic hydroxyl groups excluding tert-OH is 1. The van der Waals surface area contributed by atoms with Crippen LogP contribution in [0.5, 0.6) is 5.75 Å². The van der Waals surface area contributed by atoms with Gasteiger partial charge in [0.1, 0.15) is 0 Å². The molecule has 0 amide bonds. The molecule has 6 heteroatoms. The van der Waals surface area contributed by atoms with E-state index in [1.807, 2.05) is 30.3 Å². The second-order valence-corrected chi connectivity index (χ2v) is 3.85. The summed E-state index contributed by atoms with van der Waals surface area (Å²) in [7, 11) is 0. The first-order valence-electron chi connectivity index (χ1n) is 5.84. The molecule has 1 aromatic carbocycles. The highest BCUT2D eigenvalue weighted by Crippen LogP contribution is 2.20. The van der Waals surface area contributed by atoms with Crippen LogP contribution in [0.15, 0.2) is 36.5 Å². The van der Waals surface area contributed by atoms with Crippen LogP contribution in [0.4, 0.5) is 0 Å². The second kappa shape index (κ2) is 6.01. The van der Waals surface area contributed by atoms with Gasteiger partial charge in [0.15, 0.2) is 5.75 Å². The maximum atomic E-state index is 11.1. The van der Waals surface area contributed by atoms with Crippen molar-refractivity contribution in [1.29, 1.82) is 0 Å². The fraction of sp³-hybridized carbons (Fsp3) is 0.231. The minimum Gasteiger partial charge on any atom is -0.489 e. The highest BCUT2D eigenvalue weighted by atomic mass is 16.5. The van der Waals surface area contributed by atoms with Crippen molar-refractivity contribution in [3.8, 4) is 11.4 Å². The lowest BCUT2D eigenvalue weighted by molar-refractivity contribution is 0.0685. The highest BCUT2D eigenvalue weighted by Gasteiger charge is 2.17. The third kappa shape index (κ3) is 3.11. The summed E-state index contributed by atoms with van der Waals surface area (Å²) in [6.07, 6.45) is 1.96. The Morgan fingerprint density at radius 3 is 2.68 bits per heavy atom. The van der Waals surface area contributed by atoms with Crippen LogP contribution in [0, 0.1) is 0 Å². The molecule has 6 nitrogen and oxygen atoms in total. The zero-order chi connectivity index (χ0) is 13.7. The molecule has 2 rings (SSSR count). The average Bonchev–Trinajstić information content (AvgIpc) is 2.84. The molecule has 0 fully saturated rings. The highest BCUT2D eigenvalue weighted by molar-refractivity contribution is 5.88. The van der Waals surface area contributed by atoms with E-state index >= 15 is 0 Å². The van der Waals surface area contributed by atoms with Crippen molar-refractivity contribution in [3.63, 3.8) is 0 Å². The van der Waals surface area contributed by atoms with E-state index in [4.69, 9.17) is 14.9 Å². The van der Waals surface area contributed by atoms with E-state index in [1.165, 1.54) is 10.9 Å². The van der Waals surface area contributed by atoms with Crippen LogP contribution in [0.2, 0.25) is 0 Å². The first-order chi connectivity index (χ1) is 9.22. The van der Waals surface area contributed by atoms with Crippen molar-refractivity contribution < 1.29 is 19.7 Å². The van der Waals surface area contributed by atoms with Gasteiger partial charge >= 0.3 is 5.97 Å². The summed E-state index contributed by atoms with van der Waals surface area (Å²) < 4.78 is 6.77. The smallest absolute Gasteiger partial charge is 0.360 e. The van der Waals surface area contributed by atoms with Gasteiger partial charge < -0.3 is 14.9 Å². The number of aromatic nitrogens is 2. The number of carboxylic acids is 1. The van der Waals surface area contributed by atoms with Crippen LogP contribution in [-0.4, -0.2) is 39.2 Å². The molecule has 0 atom stereocenters. The molecule has 0 bridgehead atoms. The number of aliphatic hydroxyl groups is 1. The molecule has 0 radical (unpaired) electrons. The first kappa shape index (κ1) is 13.1. The molecule has 0 unspecified atom stereocenters. The number of ether oxygens (including phenoxy) is 1. The van der Waals surface area contributed by atoms with Crippen molar-refractivity contribution in [1.82, 2.24) is 9.78 Å². The lowest BCUT2D eigenvalue weighted by Crippen LogP contribution is -2.05. The van der Waals surface area contributed by atoms with Gasteiger partial charge in [-0.1, -0.05) is 18.2 Å². The third-order valence-corrected chi connectivity index (χ3v) is 2.46. The third-order valence-electron chi connectivity index (χ3n) is 2.46. The molecule has 19 heavy (non-hydrogen) atoms. The Hall–Kier alpha value is -2.34. The molecule has 1 heterocycles. The lowest BCUT2D eigenvalue weighted by Gasteiger charge is -2.02. The fourth-order valence-electron chi connectivity index (χ4n) is 1.57. The second-order valence-electron chi connectivity index (χ2n) is 3.85. The van der Waals surface area contributed by atoms with Gasteiger partial charge in [-0.3, -0.25) is 0 Å². The van der Waals surface area contributed by atoms with Crippen molar-refractivity contribution in [2.45, 2.75) is 6.42 Å². The maximum Gasteiger partial charge on any atom is 0.360 e. The Morgan fingerprint density at radius 1 is 1.32 bits per heavy atom. The van der Waals surface area contributed by atoms with Gasteiger partial charge in [-0.2, -0.15) is 5.10 Å². The van der Waals surface area contributed by atoms with Crippen LogP contribution >= 0.6 is 0 Å². The minimum absolute atomic E-state index is 0.00473. The molecule has 1 aromatic heterocycles. The van der Waals surface area contributed by atoms with Gasteiger partial charge in [-0.15, -0.1) is 0 Å². The summed E-state index contributed by atoms with van der Waals surface area (Å²) in [5.74, 6) is -0.946. The monoisotopic (exact) mass is 262 g/mol. The molecule has 0 spiro atoms. The Morgan fingerprint density at radius 2 is 2.05 bits per heavy atom. The molecular weight excluding hydrogens is 248 g/mol. The number of rotatable bonds is 6. The lowest BCUT2D eigenvalue weighted by atomic mass is 10.3. The first-order valence-corrected chi connectivity index (χ1v) is 5.84. The predicted octanol–water partition coefficient (Wildman–Crippen LogP) is 1.33. The summed E-state index contributed by atoms with van der Waals surface area (Å²) in [5.41, 5.74) is 0.615. The zero-order valence-electron chi connectivity index (χ0n) is 10.2. The normalized spacial score (nSPS) is 10.4. The molecule has 2 N–H and O–H groups in total. The topological polar surface area (TPSA) is 84.6 Å². The van der Waals surface area contributed by atoms with E-state index in [9.17, 15) is 4.79 Å². The number of hydrogen-bond donors (Lipinski definition) is 2. The summed E-state index contributed by atoms with van der Waals surface area (Å²) >= 11 is 0. The Bertz CT molecular complexity index is 551. The van der Waals surface area contributed by atoms with E-state index in [0.29, 0.717) is 6.42 Å². The van der Waals surface area contributed by atoms with E-state index < -0.39 is 5.97 Å². The molecule has 0 saturated carbocycles. The number of hydrogen-bond acceptors (Lipinski definition) is 4. The number of para-hydroxylation sites is 1. The van der Waals surface area contributed by atoms with Gasteiger partial charge in [-0.05, 0) is 12.1 Å². The molecule has 0 saturated heterocycles. The summed E-state index contributed by atoms with van der Waals surface area (Å²) in [5, 5.41) is 21.8. The average molecular weight is 262 g/mol. The summed E-state index contributed by atoms with van der Waals surface area (Å²) in [6, 6.07) is 9.17. The fourth-order valence-corrected chi connectivity index (χ4v) is 1.57. The van der Waals surface area contributed by atoms with Gasteiger partial charge in [-0.25, -0.2) is 9.48 Å². The number of benzene rings is 1. The summed E-state index contributed by atoms with van der Waals surface area (Å²) in [6.45, 7) is 0.243. The molecule has 2 aromatic rings. The number of carbonyl (C=O) groups is 1. The quantitative estimate of drug-likeness (QED) is 0.767. The van der Waals surface area contributed by atoms with E-state index in [-0.39, 0.29) is 24.7 Å². The van der Waals surface area contributed by atoms with Crippen LogP contribution in [0.25, 0.3) is 5.69 Å². The van der Waals surface area contributed by atoms with Gasteiger partial charge in [0.25, 0.3) is 0 Å². The standard InChI is InChI=1S/C13H14N2O4/c16-7-4-8-19-11-9-15(14-12(11)13(17)18)10-5-2-1-3-6-10/h1-3,5-6,9,16H,4,7-8H2,(H,17,18). The zero-order valence-corrected chi connectivity index (χ0v) is 10.2. The Balaban J connectivity index is 2.27. The van der Waals surface area contributed by atoms with Crippen LogP contribution in [0.3, 0.4) is 0 Å². The van der Waals surface area contributed by atoms with E-state index in [0.717, 1.165) is 5.69 Å². The molecule has 0 aliphatic heterocycles. The van der Waals surface area contributed by atoms with Gasteiger partial charge in [0, 0.05) is 13.0 Å². The van der Waals surface area contributed by atoms with E-state index in [1.54, 1.807) is 0 Å². The van der Waals surface area contributed by atoms with Crippen LogP contribution in [-0.2, 0) is 0 Å². The molecule has 0 aliphatic carbocycles. The van der Waals surface area contributed by atoms with Gasteiger partial charge in [0.05, 0.1) is 18.5 Å². The van der Waals surface area contributed by atoms with Gasteiger partial charge in [0.2, 0.25) is 5.69 Å². The Labute approximate surface area is 109 Å². The van der Waals surface area contributed by atoms with Crippen molar-refractivity contribution in [2.24, 2.45) is 0 Å². The minimum atomic E-state index is -1.14. The number of aromatic carboxylic acids is 1. The van der Waals surface area contributed by atoms with Crippen LogP contribution in [0.1, 0.15) is 16.9 Å². The molecular formula is C13H14N2O4.